The molecule has 1 saturated heterocycles. The highest BCUT2D eigenvalue weighted by molar-refractivity contribution is 6.33. The Hall–Kier alpha value is -1.26. The van der Waals surface area contributed by atoms with Gasteiger partial charge in [-0.1, -0.05) is 17.7 Å². The summed E-state index contributed by atoms with van der Waals surface area (Å²) in [4.78, 5) is 13.4. The van der Waals surface area contributed by atoms with E-state index in [-0.39, 0.29) is 17.9 Å². The van der Waals surface area contributed by atoms with Gasteiger partial charge in [-0.2, -0.15) is 0 Å². The minimum absolute atomic E-state index is 0.00797. The van der Waals surface area contributed by atoms with E-state index in [1.807, 2.05) is 13.1 Å². The van der Waals surface area contributed by atoms with E-state index in [0.29, 0.717) is 0 Å². The van der Waals surface area contributed by atoms with Gasteiger partial charge in [0.25, 0.3) is 0 Å². The molecule has 20 heavy (non-hydrogen) atoms. The number of piperidine rings is 1. The fourth-order valence-corrected chi connectivity index (χ4v) is 2.93. The summed E-state index contributed by atoms with van der Waals surface area (Å²) in [6, 6.07) is 6.46. The van der Waals surface area contributed by atoms with E-state index in [9.17, 15) is 4.79 Å². The molecular formula is C15H22ClN3O. The predicted octanol–water partition coefficient (Wildman–Crippen LogP) is 2.32. The molecule has 4 nitrogen and oxygen atoms in total. The Bertz CT molecular complexity index is 484. The van der Waals surface area contributed by atoms with Crippen LogP contribution in [0.25, 0.3) is 0 Å². The molecule has 2 rings (SSSR count). The Labute approximate surface area is 125 Å². The maximum atomic E-state index is 11.2. The van der Waals surface area contributed by atoms with Gasteiger partial charge in [0.15, 0.2) is 0 Å². The van der Waals surface area contributed by atoms with Gasteiger partial charge in [-0.25, -0.2) is 0 Å². The lowest BCUT2D eigenvalue weighted by Gasteiger charge is -2.33. The molecule has 1 atom stereocenters. The number of nitrogens with zero attached hydrogens (tertiary/aromatic N) is 1. The lowest BCUT2D eigenvalue weighted by Crippen LogP contribution is -2.38. The van der Waals surface area contributed by atoms with Crippen LogP contribution in [0, 0.1) is 5.92 Å². The third-order valence-corrected chi connectivity index (χ3v) is 4.45. The first-order valence-electron chi connectivity index (χ1n) is 7.04. The topological polar surface area (TPSA) is 58.4 Å². The molecule has 1 aliphatic rings. The second-order valence-corrected chi connectivity index (χ2v) is 5.79. The number of carbonyl (C=O) groups excluding carboxylic acids is 1. The number of rotatable bonds is 4. The van der Waals surface area contributed by atoms with Gasteiger partial charge in [-0.15, -0.1) is 0 Å². The molecule has 1 heterocycles. The predicted molar refractivity (Wildman–Crippen MR) is 83.1 cm³/mol. The summed E-state index contributed by atoms with van der Waals surface area (Å²) in [5, 5.41) is 3.97. The highest BCUT2D eigenvalue weighted by Gasteiger charge is 2.24. The molecule has 1 aliphatic heterocycles. The van der Waals surface area contributed by atoms with Gasteiger partial charge in [0.1, 0.15) is 0 Å². The number of anilines is 1. The van der Waals surface area contributed by atoms with Crippen molar-refractivity contribution in [1.82, 2.24) is 5.32 Å². The molecule has 1 fully saturated rings. The standard InChI is InChI=1S/C15H22ClN3O/c1-10(18-2)12-3-4-14(13(16)9-12)19-7-5-11(6-8-19)15(17)20/h3-4,9-11,18H,5-8H2,1-2H3,(H2,17,20). The monoisotopic (exact) mass is 295 g/mol. The van der Waals surface area contributed by atoms with Crippen molar-refractivity contribution >= 4 is 23.2 Å². The summed E-state index contributed by atoms with van der Waals surface area (Å²) < 4.78 is 0. The number of halogens is 1. The van der Waals surface area contributed by atoms with E-state index in [1.54, 1.807) is 0 Å². The van der Waals surface area contributed by atoms with E-state index >= 15 is 0 Å². The van der Waals surface area contributed by atoms with Crippen LogP contribution >= 0.6 is 11.6 Å². The summed E-state index contributed by atoms with van der Waals surface area (Å²) in [5.41, 5.74) is 7.58. The molecule has 5 heteroatoms. The zero-order valence-corrected chi connectivity index (χ0v) is 12.8. The molecule has 3 N–H and O–H groups in total. The van der Waals surface area contributed by atoms with E-state index in [2.05, 4.69) is 29.3 Å². The Morgan fingerprint density at radius 3 is 2.60 bits per heavy atom. The van der Waals surface area contributed by atoms with E-state index in [1.165, 1.54) is 5.56 Å². The number of primary amides is 1. The summed E-state index contributed by atoms with van der Waals surface area (Å²) in [6.07, 6.45) is 1.61. The summed E-state index contributed by atoms with van der Waals surface area (Å²) in [5.74, 6) is -0.178. The molecule has 1 unspecified atom stereocenters. The lowest BCUT2D eigenvalue weighted by atomic mass is 9.96. The van der Waals surface area contributed by atoms with Crippen molar-refractivity contribution in [1.29, 1.82) is 0 Å². The molecule has 0 aliphatic carbocycles. The van der Waals surface area contributed by atoms with Crippen LogP contribution in [0.4, 0.5) is 5.69 Å². The van der Waals surface area contributed by atoms with Crippen LogP contribution in [-0.2, 0) is 4.79 Å². The number of benzene rings is 1. The Kier molecular flexibility index (Phi) is 4.89. The highest BCUT2D eigenvalue weighted by Crippen LogP contribution is 2.31. The Morgan fingerprint density at radius 1 is 1.45 bits per heavy atom. The van der Waals surface area contributed by atoms with Crippen molar-refractivity contribution in [2.75, 3.05) is 25.0 Å². The van der Waals surface area contributed by atoms with Crippen molar-refractivity contribution < 1.29 is 4.79 Å². The number of nitrogens with one attached hydrogen (secondary N) is 1. The van der Waals surface area contributed by atoms with Gasteiger partial charge in [0.2, 0.25) is 5.91 Å². The van der Waals surface area contributed by atoms with Crippen molar-refractivity contribution in [2.45, 2.75) is 25.8 Å². The number of amides is 1. The van der Waals surface area contributed by atoms with Gasteiger partial charge >= 0.3 is 0 Å². The van der Waals surface area contributed by atoms with Crippen LogP contribution < -0.4 is 16.0 Å². The quantitative estimate of drug-likeness (QED) is 0.896. The Morgan fingerprint density at radius 2 is 2.10 bits per heavy atom. The smallest absolute Gasteiger partial charge is 0.220 e. The lowest BCUT2D eigenvalue weighted by molar-refractivity contribution is -0.122. The van der Waals surface area contributed by atoms with Crippen LogP contribution in [0.3, 0.4) is 0 Å². The third-order valence-electron chi connectivity index (χ3n) is 4.14. The van der Waals surface area contributed by atoms with Crippen LogP contribution in [0.1, 0.15) is 31.4 Å². The maximum absolute atomic E-state index is 11.2. The molecule has 0 aromatic heterocycles. The zero-order chi connectivity index (χ0) is 14.7. The fraction of sp³-hybridized carbons (Fsp3) is 0.533. The number of hydrogen-bond donors (Lipinski definition) is 2. The van der Waals surface area contributed by atoms with Crippen molar-refractivity contribution in [3.8, 4) is 0 Å². The highest BCUT2D eigenvalue weighted by atomic mass is 35.5. The van der Waals surface area contributed by atoms with Gasteiger partial charge in [-0.05, 0) is 44.5 Å². The molecule has 1 aromatic carbocycles. The molecule has 1 amide bonds. The minimum atomic E-state index is -0.186. The molecule has 1 aromatic rings. The average Bonchev–Trinajstić information content (AvgIpc) is 2.46. The third kappa shape index (κ3) is 3.25. The van der Waals surface area contributed by atoms with Gasteiger partial charge < -0.3 is 16.0 Å². The normalized spacial score (nSPS) is 18.1. The van der Waals surface area contributed by atoms with Crippen LogP contribution in [0.5, 0.6) is 0 Å². The first-order chi connectivity index (χ1) is 9.52. The van der Waals surface area contributed by atoms with Gasteiger partial charge in [-0.3, -0.25) is 4.79 Å². The largest absolute Gasteiger partial charge is 0.370 e. The summed E-state index contributed by atoms with van der Waals surface area (Å²) >= 11 is 6.40. The van der Waals surface area contributed by atoms with E-state index in [4.69, 9.17) is 17.3 Å². The van der Waals surface area contributed by atoms with E-state index < -0.39 is 0 Å². The maximum Gasteiger partial charge on any atom is 0.220 e. The average molecular weight is 296 g/mol. The second-order valence-electron chi connectivity index (χ2n) is 5.38. The van der Waals surface area contributed by atoms with Crippen molar-refractivity contribution in [2.24, 2.45) is 11.7 Å². The van der Waals surface area contributed by atoms with Crippen molar-refractivity contribution in [3.05, 3.63) is 28.8 Å². The molecule has 0 spiro atoms. The van der Waals surface area contributed by atoms with E-state index in [0.717, 1.165) is 36.6 Å². The molecule has 0 radical (unpaired) electrons. The van der Waals surface area contributed by atoms with Crippen LogP contribution in [-0.4, -0.2) is 26.0 Å². The molecule has 110 valence electrons. The Balaban J connectivity index is 2.09. The first-order valence-corrected chi connectivity index (χ1v) is 7.41. The van der Waals surface area contributed by atoms with Gasteiger partial charge in [0, 0.05) is 25.0 Å². The van der Waals surface area contributed by atoms with Crippen LogP contribution in [0.15, 0.2) is 18.2 Å². The van der Waals surface area contributed by atoms with Crippen molar-refractivity contribution in [3.63, 3.8) is 0 Å². The number of nitrogens with two attached hydrogens (primary N) is 1. The summed E-state index contributed by atoms with van der Waals surface area (Å²) in [7, 11) is 1.93. The number of carbonyl (C=O) groups is 1. The second kappa shape index (κ2) is 6.46. The fourth-order valence-electron chi connectivity index (χ4n) is 2.62. The zero-order valence-electron chi connectivity index (χ0n) is 12.0. The summed E-state index contributed by atoms with van der Waals surface area (Å²) in [6.45, 7) is 3.76. The minimum Gasteiger partial charge on any atom is -0.370 e. The van der Waals surface area contributed by atoms with Gasteiger partial charge in [0.05, 0.1) is 10.7 Å². The molecule has 0 saturated carbocycles. The number of hydrogen-bond acceptors (Lipinski definition) is 3. The molecular weight excluding hydrogens is 274 g/mol. The SMILES string of the molecule is CNC(C)c1ccc(N2CCC(C(N)=O)CC2)c(Cl)c1. The van der Waals surface area contributed by atoms with Crippen LogP contribution in [0.2, 0.25) is 5.02 Å². The molecule has 0 bridgehead atoms. The first kappa shape index (κ1) is 15.1.